The molecule has 0 saturated heterocycles. The molecule has 1 aliphatic carbocycles. The summed E-state index contributed by atoms with van der Waals surface area (Å²) in [4.78, 5) is 6.80. The molecule has 1 aromatic heterocycles. The molecule has 1 atom stereocenters. The molecule has 0 spiro atoms. The Balaban J connectivity index is 2.33. The van der Waals surface area contributed by atoms with Gasteiger partial charge in [0.25, 0.3) is 0 Å². The van der Waals surface area contributed by atoms with E-state index in [1.807, 2.05) is 6.08 Å². The zero-order chi connectivity index (χ0) is 11.6. The van der Waals surface area contributed by atoms with Crippen LogP contribution >= 0.6 is 0 Å². The van der Waals surface area contributed by atoms with E-state index in [0.717, 1.165) is 24.2 Å². The summed E-state index contributed by atoms with van der Waals surface area (Å²) in [6, 6.07) is -0.119. The van der Waals surface area contributed by atoms with E-state index in [4.69, 9.17) is 9.95 Å². The second kappa shape index (κ2) is 4.02. The Morgan fingerprint density at radius 3 is 3.06 bits per heavy atom. The molecule has 1 unspecified atom stereocenters. The van der Waals surface area contributed by atoms with Crippen molar-refractivity contribution in [2.24, 2.45) is 10.5 Å². The number of rotatable bonds is 2. The van der Waals surface area contributed by atoms with E-state index in [-0.39, 0.29) is 11.5 Å². The van der Waals surface area contributed by atoms with Gasteiger partial charge in [0.15, 0.2) is 6.39 Å². The van der Waals surface area contributed by atoms with Gasteiger partial charge in [-0.15, -0.1) is 0 Å². The van der Waals surface area contributed by atoms with E-state index in [9.17, 15) is 0 Å². The van der Waals surface area contributed by atoms with Crippen LogP contribution in [-0.4, -0.2) is 11.0 Å². The summed E-state index contributed by atoms with van der Waals surface area (Å²) in [5, 5.41) is 3.84. The van der Waals surface area contributed by atoms with Crippen LogP contribution in [0, 0.1) is 5.41 Å². The van der Waals surface area contributed by atoms with Gasteiger partial charge in [-0.1, -0.05) is 25.0 Å². The largest absolute Gasteiger partial charge is 0.444 e. The first-order valence-electron chi connectivity index (χ1n) is 5.27. The lowest BCUT2D eigenvalue weighted by Crippen LogP contribution is -2.29. The molecule has 0 radical (unpaired) electrons. The molecule has 2 rings (SSSR count). The fraction of sp³-hybridized carbons (Fsp3) is 0.545. The first kappa shape index (κ1) is 10.8. The van der Waals surface area contributed by atoms with Gasteiger partial charge in [-0.25, -0.2) is 4.98 Å². The lowest BCUT2D eigenvalue weighted by Gasteiger charge is -2.33. The van der Waals surface area contributed by atoms with Gasteiger partial charge in [-0.3, -0.25) is 0 Å². The second-order valence-corrected chi connectivity index (χ2v) is 4.70. The third-order valence-corrected chi connectivity index (χ3v) is 3.12. The summed E-state index contributed by atoms with van der Waals surface area (Å²) in [6.07, 6.45) is 7.00. The molecule has 1 aromatic rings. The van der Waals surface area contributed by atoms with E-state index >= 15 is 0 Å². The van der Waals surface area contributed by atoms with Crippen LogP contribution in [0.2, 0.25) is 0 Å². The Morgan fingerprint density at radius 1 is 1.62 bits per heavy atom. The zero-order valence-corrected chi connectivity index (χ0v) is 9.42. The summed E-state index contributed by atoms with van der Waals surface area (Å²) in [7, 11) is 0. The fourth-order valence-electron chi connectivity index (χ4n) is 1.93. The smallest absolute Gasteiger partial charge is 0.181 e. The van der Waals surface area contributed by atoms with Crippen molar-refractivity contribution in [2.75, 3.05) is 0 Å². The molecular formula is C11H14N4O. The first-order chi connectivity index (χ1) is 7.63. The van der Waals surface area contributed by atoms with Crippen molar-refractivity contribution < 1.29 is 4.42 Å². The van der Waals surface area contributed by atoms with Crippen LogP contribution < -0.4 is 0 Å². The third kappa shape index (κ3) is 1.95. The van der Waals surface area contributed by atoms with Crippen molar-refractivity contribution in [1.82, 2.24) is 4.98 Å². The van der Waals surface area contributed by atoms with E-state index in [2.05, 4.69) is 28.9 Å². The number of aromatic nitrogens is 1. The Labute approximate surface area is 93.8 Å². The molecule has 0 bridgehead atoms. The van der Waals surface area contributed by atoms with Crippen LogP contribution in [0.5, 0.6) is 0 Å². The fourth-order valence-corrected chi connectivity index (χ4v) is 1.93. The second-order valence-electron chi connectivity index (χ2n) is 4.70. The minimum Gasteiger partial charge on any atom is -0.444 e. The zero-order valence-electron chi connectivity index (χ0n) is 9.42. The average molecular weight is 218 g/mol. The van der Waals surface area contributed by atoms with Gasteiger partial charge in [0.2, 0.25) is 0 Å². The molecule has 0 aromatic carbocycles. The maximum atomic E-state index is 8.56. The van der Waals surface area contributed by atoms with E-state index < -0.39 is 0 Å². The predicted molar refractivity (Wildman–Crippen MR) is 60.4 cm³/mol. The lowest BCUT2D eigenvalue weighted by molar-refractivity contribution is 0.291. The Kier molecular flexibility index (Phi) is 2.71. The minimum absolute atomic E-state index is 0.00967. The predicted octanol–water partition coefficient (Wildman–Crippen LogP) is 3.56. The van der Waals surface area contributed by atoms with Crippen LogP contribution in [0.15, 0.2) is 28.2 Å². The average Bonchev–Trinajstić information content (AvgIpc) is 2.74. The van der Waals surface area contributed by atoms with Crippen molar-refractivity contribution in [3.05, 3.63) is 34.9 Å². The topological polar surface area (TPSA) is 74.8 Å². The standard InChI is InChI=1S/C11H14N4O/c1-11(2)4-3-8(5-10(11)14-15-12)9-6-13-7-16-9/h5-7,10H,3-4H2,1-2H3. The normalized spacial score (nSPS) is 23.4. The van der Waals surface area contributed by atoms with Crippen molar-refractivity contribution in [1.29, 1.82) is 0 Å². The molecule has 16 heavy (non-hydrogen) atoms. The molecule has 0 fully saturated rings. The number of nitrogens with zero attached hydrogens (tertiary/aromatic N) is 4. The minimum atomic E-state index is -0.119. The third-order valence-electron chi connectivity index (χ3n) is 3.12. The monoisotopic (exact) mass is 218 g/mol. The van der Waals surface area contributed by atoms with Crippen molar-refractivity contribution in [3.63, 3.8) is 0 Å². The highest BCUT2D eigenvalue weighted by molar-refractivity contribution is 5.62. The molecule has 5 nitrogen and oxygen atoms in total. The highest BCUT2D eigenvalue weighted by Gasteiger charge is 2.31. The number of hydrogen-bond donors (Lipinski definition) is 0. The summed E-state index contributed by atoms with van der Waals surface area (Å²) >= 11 is 0. The van der Waals surface area contributed by atoms with Crippen molar-refractivity contribution >= 4 is 5.57 Å². The van der Waals surface area contributed by atoms with E-state index in [1.54, 1.807) is 6.20 Å². The highest BCUT2D eigenvalue weighted by Crippen LogP contribution is 2.39. The van der Waals surface area contributed by atoms with Gasteiger partial charge in [0.05, 0.1) is 12.2 Å². The van der Waals surface area contributed by atoms with Crippen LogP contribution in [0.3, 0.4) is 0 Å². The molecule has 0 amide bonds. The van der Waals surface area contributed by atoms with Crippen LogP contribution in [0.4, 0.5) is 0 Å². The summed E-state index contributed by atoms with van der Waals surface area (Å²) in [6.45, 7) is 4.22. The molecular weight excluding hydrogens is 204 g/mol. The number of oxazole rings is 1. The molecule has 0 aliphatic heterocycles. The quantitative estimate of drug-likeness (QED) is 0.432. The van der Waals surface area contributed by atoms with Crippen LogP contribution in [-0.2, 0) is 0 Å². The van der Waals surface area contributed by atoms with Crippen LogP contribution in [0.25, 0.3) is 16.0 Å². The van der Waals surface area contributed by atoms with E-state index in [1.165, 1.54) is 6.39 Å². The maximum Gasteiger partial charge on any atom is 0.181 e. The first-order valence-corrected chi connectivity index (χ1v) is 5.27. The highest BCUT2D eigenvalue weighted by atomic mass is 16.3. The Morgan fingerprint density at radius 2 is 2.44 bits per heavy atom. The van der Waals surface area contributed by atoms with Gasteiger partial charge in [0, 0.05) is 4.91 Å². The number of hydrogen-bond acceptors (Lipinski definition) is 3. The summed E-state index contributed by atoms with van der Waals surface area (Å²) < 4.78 is 5.25. The number of allylic oxidation sites excluding steroid dienone is 1. The summed E-state index contributed by atoms with van der Waals surface area (Å²) in [5.41, 5.74) is 9.65. The van der Waals surface area contributed by atoms with Crippen molar-refractivity contribution in [3.8, 4) is 0 Å². The van der Waals surface area contributed by atoms with E-state index in [0.29, 0.717) is 0 Å². The van der Waals surface area contributed by atoms with Gasteiger partial charge in [0.1, 0.15) is 5.76 Å². The van der Waals surface area contributed by atoms with Gasteiger partial charge < -0.3 is 4.42 Å². The summed E-state index contributed by atoms with van der Waals surface area (Å²) in [5.74, 6) is 0.772. The lowest BCUT2D eigenvalue weighted by atomic mass is 9.74. The van der Waals surface area contributed by atoms with Crippen molar-refractivity contribution in [2.45, 2.75) is 32.7 Å². The van der Waals surface area contributed by atoms with Gasteiger partial charge in [-0.2, -0.15) is 0 Å². The molecule has 0 N–H and O–H groups in total. The molecule has 1 aliphatic rings. The van der Waals surface area contributed by atoms with Gasteiger partial charge >= 0.3 is 0 Å². The maximum absolute atomic E-state index is 8.56. The molecule has 0 saturated carbocycles. The Bertz CT molecular complexity index is 441. The molecule has 84 valence electrons. The SMILES string of the molecule is CC1(C)CCC(c2cnco2)=CC1N=[N+]=[N-]. The molecule has 5 heteroatoms. The molecule has 1 heterocycles. The Hall–Kier alpha value is -1.74. The van der Waals surface area contributed by atoms with Gasteiger partial charge in [-0.05, 0) is 29.4 Å². The van der Waals surface area contributed by atoms with Crippen LogP contribution in [0.1, 0.15) is 32.4 Å². The number of azide groups is 1.